The topological polar surface area (TPSA) is 77.3 Å². The quantitative estimate of drug-likeness (QED) is 0.151. The maximum Gasteiger partial charge on any atom is 0.164 e. The van der Waals surface area contributed by atoms with E-state index in [0.29, 0.717) is 34.9 Å². The van der Waals surface area contributed by atoms with Crippen LogP contribution in [0.15, 0.2) is 255 Å². The van der Waals surface area contributed by atoms with E-state index in [4.69, 9.17) is 29.9 Å². The summed E-state index contributed by atoms with van der Waals surface area (Å²) >= 11 is 0. The van der Waals surface area contributed by atoms with Gasteiger partial charge >= 0.3 is 0 Å². The van der Waals surface area contributed by atoms with Crippen molar-refractivity contribution in [3.63, 3.8) is 0 Å². The third-order valence-corrected chi connectivity index (χ3v) is 19.0. The lowest BCUT2D eigenvalue weighted by Crippen LogP contribution is -2.27. The van der Waals surface area contributed by atoms with Gasteiger partial charge in [0.1, 0.15) is 0 Å². The van der Waals surface area contributed by atoms with E-state index in [-0.39, 0.29) is 22.7 Å². The summed E-state index contributed by atoms with van der Waals surface area (Å²) in [5.74, 6) is 4.14. The van der Waals surface area contributed by atoms with Crippen LogP contribution in [0.5, 0.6) is 0 Å². The Labute approximate surface area is 500 Å². The van der Waals surface area contributed by atoms with Crippen LogP contribution in [-0.2, 0) is 10.8 Å². The van der Waals surface area contributed by atoms with Gasteiger partial charge in [0.15, 0.2) is 34.9 Å². The Bertz CT molecular complexity index is 4620. The Hall–Kier alpha value is -10.6. The SMILES string of the molecule is CC1(C)c2ccccc2-c2ccc(-c3nc(-c4ccccc4)nc(-c4ccc(-c5ccc6c(c5)C5c7ccccc7C6c6cc(-c7ccc(-c8nc(-c9ccccc9)nc(-c9ccc%10c(c9)C(C)(C)c9ccccc9-%10)n8)cc7)ccc65)cc4)n3)cc21. The first-order chi connectivity index (χ1) is 42.1. The molecule has 406 valence electrons. The van der Waals surface area contributed by atoms with E-state index in [9.17, 15) is 0 Å². The van der Waals surface area contributed by atoms with Crippen LogP contribution in [0.25, 0.3) is 113 Å². The van der Waals surface area contributed by atoms with E-state index < -0.39 is 0 Å². The van der Waals surface area contributed by atoms with Gasteiger partial charge in [0.05, 0.1) is 0 Å². The molecule has 5 aliphatic rings. The first-order valence-electron chi connectivity index (χ1n) is 29.8. The van der Waals surface area contributed by atoms with Crippen LogP contribution in [0.4, 0.5) is 0 Å². The lowest BCUT2D eigenvalue weighted by Gasteiger charge is -2.42. The van der Waals surface area contributed by atoms with Crippen LogP contribution in [0.1, 0.15) is 95.2 Å². The fourth-order valence-electron chi connectivity index (χ4n) is 14.6. The van der Waals surface area contributed by atoms with Crippen molar-refractivity contribution in [1.29, 1.82) is 0 Å². The fraction of sp³-hybridized carbons (Fsp3) is 0.100. The molecule has 0 saturated heterocycles. The van der Waals surface area contributed by atoms with Gasteiger partial charge in [0.25, 0.3) is 0 Å². The van der Waals surface area contributed by atoms with Crippen molar-refractivity contribution in [2.75, 3.05) is 0 Å². The third-order valence-electron chi connectivity index (χ3n) is 19.0. The fourth-order valence-corrected chi connectivity index (χ4v) is 14.6. The molecule has 0 fully saturated rings. The number of hydrogen-bond acceptors (Lipinski definition) is 6. The van der Waals surface area contributed by atoms with Gasteiger partial charge in [-0.15, -0.1) is 0 Å². The molecule has 6 nitrogen and oxygen atoms in total. The highest BCUT2D eigenvalue weighted by Gasteiger charge is 2.42. The lowest BCUT2D eigenvalue weighted by atomic mass is 9.60. The molecule has 2 aromatic heterocycles. The Morgan fingerprint density at radius 1 is 0.209 bits per heavy atom. The predicted octanol–water partition coefficient (Wildman–Crippen LogP) is 19.0. The molecule has 0 saturated carbocycles. The summed E-state index contributed by atoms with van der Waals surface area (Å²) in [7, 11) is 0. The van der Waals surface area contributed by atoms with Crippen molar-refractivity contribution in [3.8, 4) is 113 Å². The first kappa shape index (κ1) is 50.0. The minimum Gasteiger partial charge on any atom is -0.208 e. The van der Waals surface area contributed by atoms with Crippen molar-refractivity contribution in [3.05, 3.63) is 310 Å². The number of aromatic nitrogens is 6. The maximum atomic E-state index is 5.20. The highest BCUT2D eigenvalue weighted by molar-refractivity contribution is 5.86. The van der Waals surface area contributed by atoms with E-state index >= 15 is 0 Å². The second-order valence-electron chi connectivity index (χ2n) is 24.5. The predicted molar refractivity (Wildman–Crippen MR) is 347 cm³/mol. The minimum absolute atomic E-state index is 0.111. The zero-order valence-corrected chi connectivity index (χ0v) is 48.1. The van der Waals surface area contributed by atoms with Gasteiger partial charge in [-0.3, -0.25) is 0 Å². The second kappa shape index (κ2) is 19.0. The molecular formula is C80H56N6. The summed E-state index contributed by atoms with van der Waals surface area (Å²) in [6, 6.07) is 92.2. The summed E-state index contributed by atoms with van der Waals surface area (Å²) in [5.41, 5.74) is 28.8. The number of hydrogen-bond donors (Lipinski definition) is 0. The van der Waals surface area contributed by atoms with Crippen LogP contribution in [0, 0.1) is 0 Å². The van der Waals surface area contributed by atoms with Crippen LogP contribution < -0.4 is 0 Å². The molecule has 5 aliphatic carbocycles. The highest BCUT2D eigenvalue weighted by atomic mass is 15.0. The Morgan fingerprint density at radius 3 is 0.884 bits per heavy atom. The van der Waals surface area contributed by atoms with Crippen molar-refractivity contribution < 1.29 is 0 Å². The molecule has 2 bridgehead atoms. The average molecular weight is 1100 g/mol. The van der Waals surface area contributed by atoms with Crippen LogP contribution in [-0.4, -0.2) is 29.9 Å². The normalized spacial score (nSPS) is 15.6. The molecule has 2 heterocycles. The molecular weight excluding hydrogens is 1040 g/mol. The number of benzene rings is 11. The van der Waals surface area contributed by atoms with Crippen molar-refractivity contribution in [2.24, 2.45) is 0 Å². The van der Waals surface area contributed by atoms with Gasteiger partial charge in [0, 0.05) is 56.0 Å². The van der Waals surface area contributed by atoms with E-state index in [2.05, 4.69) is 246 Å². The van der Waals surface area contributed by atoms with Gasteiger partial charge in [-0.2, -0.15) is 0 Å². The zero-order valence-electron chi connectivity index (χ0n) is 48.1. The largest absolute Gasteiger partial charge is 0.208 e. The average Bonchev–Trinajstić information content (AvgIpc) is 1.37. The molecule has 0 amide bonds. The van der Waals surface area contributed by atoms with Crippen molar-refractivity contribution >= 4 is 0 Å². The van der Waals surface area contributed by atoms with E-state index in [1.807, 2.05) is 36.4 Å². The summed E-state index contributed by atoms with van der Waals surface area (Å²) in [4.78, 5) is 30.9. The van der Waals surface area contributed by atoms with E-state index in [0.717, 1.165) is 44.5 Å². The Balaban J connectivity index is 0.680. The molecule has 13 aromatic rings. The summed E-state index contributed by atoms with van der Waals surface area (Å²) in [6.45, 7) is 9.24. The molecule has 0 aliphatic heterocycles. The summed E-state index contributed by atoms with van der Waals surface area (Å²) < 4.78 is 0. The molecule has 86 heavy (non-hydrogen) atoms. The highest BCUT2D eigenvalue weighted by Crippen LogP contribution is 2.57. The first-order valence-corrected chi connectivity index (χ1v) is 29.8. The molecule has 6 heteroatoms. The van der Waals surface area contributed by atoms with Gasteiger partial charge in [-0.05, 0) is 124 Å². The summed E-state index contributed by atoms with van der Waals surface area (Å²) in [5, 5.41) is 0. The molecule has 0 radical (unpaired) electrons. The van der Waals surface area contributed by atoms with Gasteiger partial charge in [-0.1, -0.05) is 258 Å². The van der Waals surface area contributed by atoms with Gasteiger partial charge < -0.3 is 0 Å². The van der Waals surface area contributed by atoms with Crippen molar-refractivity contribution in [2.45, 2.75) is 50.4 Å². The molecule has 11 aromatic carbocycles. The standard InChI is InChI=1S/C80H56N6/c1-79(2)67-25-15-13-21-57(67)59-39-37-55(45-69(59)79)77-83-73(49-17-7-5-8-18-49)81-75(85-77)51-31-27-47(28-32-51)53-35-41-63-65(43-53)71-61-23-11-12-24-62(61)72(63)66-44-54(36-42-64(66)71)48-29-33-52(34-30-48)76-82-74(50-19-9-6-10-20-50)84-78(86-76)56-38-40-60-58-22-14-16-26-68(58)80(3,4)70(60)46-56/h5-46,71-72H,1-4H3. The monoisotopic (exact) mass is 1100 g/mol. The number of nitrogens with zero attached hydrogens (tertiary/aromatic N) is 6. The summed E-state index contributed by atoms with van der Waals surface area (Å²) in [6.07, 6.45) is 0. The molecule has 0 spiro atoms. The zero-order chi connectivity index (χ0) is 57.4. The Kier molecular flexibility index (Phi) is 11.0. The van der Waals surface area contributed by atoms with Crippen LogP contribution >= 0.6 is 0 Å². The van der Waals surface area contributed by atoms with Gasteiger partial charge in [-0.25, -0.2) is 29.9 Å². The smallest absolute Gasteiger partial charge is 0.164 e. The van der Waals surface area contributed by atoms with Crippen LogP contribution in [0.2, 0.25) is 0 Å². The van der Waals surface area contributed by atoms with E-state index in [1.54, 1.807) is 0 Å². The number of rotatable bonds is 8. The molecule has 2 atom stereocenters. The number of fused-ring (bicyclic) bond motifs is 6. The Morgan fingerprint density at radius 2 is 0.488 bits per heavy atom. The lowest BCUT2D eigenvalue weighted by molar-refractivity contribution is 0.660. The molecule has 18 rings (SSSR count). The van der Waals surface area contributed by atoms with Crippen LogP contribution in [0.3, 0.4) is 0 Å². The molecule has 0 N–H and O–H groups in total. The van der Waals surface area contributed by atoms with E-state index in [1.165, 1.54) is 89.0 Å². The van der Waals surface area contributed by atoms with Crippen molar-refractivity contribution in [1.82, 2.24) is 29.9 Å². The second-order valence-corrected chi connectivity index (χ2v) is 24.5. The minimum atomic E-state index is -0.144. The third kappa shape index (κ3) is 7.79. The van der Waals surface area contributed by atoms with Gasteiger partial charge in [0.2, 0.25) is 0 Å². The maximum absolute atomic E-state index is 5.20. The molecule has 2 unspecified atom stereocenters.